The topological polar surface area (TPSA) is 108 Å². The summed E-state index contributed by atoms with van der Waals surface area (Å²) in [5, 5.41) is 19.4. The van der Waals surface area contributed by atoms with Crippen molar-refractivity contribution in [2.45, 2.75) is 25.0 Å². The van der Waals surface area contributed by atoms with Gasteiger partial charge < -0.3 is 19.6 Å². The summed E-state index contributed by atoms with van der Waals surface area (Å²) >= 11 is 1.25. The number of phenolic OH excluding ortho intramolecular Hbond substituents is 1. The number of carbonyl (C=O) groups excluding carboxylic acids is 1. The van der Waals surface area contributed by atoms with Gasteiger partial charge in [0.2, 0.25) is 11.8 Å². The second kappa shape index (κ2) is 8.62. The molecule has 8 heteroatoms. The Bertz CT molecular complexity index is 1060. The molecule has 154 valence electrons. The van der Waals surface area contributed by atoms with Crippen molar-refractivity contribution in [3.63, 3.8) is 0 Å². The van der Waals surface area contributed by atoms with Gasteiger partial charge in [0.1, 0.15) is 17.3 Å². The predicted octanol–water partition coefficient (Wildman–Crippen LogP) is 3.69. The maximum atomic E-state index is 11.7. The van der Waals surface area contributed by atoms with E-state index in [4.69, 9.17) is 14.6 Å². The zero-order valence-electron chi connectivity index (χ0n) is 16.3. The molecule has 7 nitrogen and oxygen atoms in total. The third kappa shape index (κ3) is 4.65. The number of amidine groups is 1. The molecule has 3 aromatic rings. The van der Waals surface area contributed by atoms with Gasteiger partial charge in [-0.05, 0) is 55.3 Å². The van der Waals surface area contributed by atoms with Gasteiger partial charge in [-0.15, -0.1) is 0 Å². The molecule has 4 rings (SSSR count). The largest absolute Gasteiger partial charge is 0.508 e. The van der Waals surface area contributed by atoms with Crippen LogP contribution in [-0.2, 0) is 17.6 Å². The highest BCUT2D eigenvalue weighted by molar-refractivity contribution is 8.15. The highest BCUT2D eigenvalue weighted by Crippen LogP contribution is 2.25. The van der Waals surface area contributed by atoms with E-state index in [1.165, 1.54) is 11.8 Å². The van der Waals surface area contributed by atoms with E-state index in [-0.39, 0.29) is 22.1 Å². The minimum absolute atomic E-state index is 0.111. The highest BCUT2D eigenvalue weighted by atomic mass is 32.2. The van der Waals surface area contributed by atoms with Gasteiger partial charge >= 0.3 is 0 Å². The van der Waals surface area contributed by atoms with Crippen LogP contribution in [0.25, 0.3) is 11.5 Å². The Hall–Kier alpha value is -3.26. The van der Waals surface area contributed by atoms with Crippen LogP contribution in [0.5, 0.6) is 11.5 Å². The van der Waals surface area contributed by atoms with Gasteiger partial charge in [-0.25, -0.2) is 4.98 Å². The molecule has 0 saturated carbocycles. The summed E-state index contributed by atoms with van der Waals surface area (Å²) in [6.45, 7) is 2.33. The van der Waals surface area contributed by atoms with Gasteiger partial charge in [-0.3, -0.25) is 10.2 Å². The molecule has 0 radical (unpaired) electrons. The third-order valence-corrected chi connectivity index (χ3v) is 5.75. The number of hydrogen-bond acceptors (Lipinski definition) is 7. The van der Waals surface area contributed by atoms with Gasteiger partial charge in [0.25, 0.3) is 0 Å². The zero-order chi connectivity index (χ0) is 21.1. The highest BCUT2D eigenvalue weighted by Gasteiger charge is 2.29. The van der Waals surface area contributed by atoms with Crippen molar-refractivity contribution >= 4 is 22.8 Å². The van der Waals surface area contributed by atoms with E-state index >= 15 is 0 Å². The van der Waals surface area contributed by atoms with Crippen LogP contribution in [0.2, 0.25) is 0 Å². The summed E-state index contributed by atoms with van der Waals surface area (Å²) in [6, 6.07) is 14.4. The Labute approximate surface area is 178 Å². The summed E-state index contributed by atoms with van der Waals surface area (Å²) in [4.78, 5) is 16.3. The van der Waals surface area contributed by atoms with Crippen LogP contribution < -0.4 is 10.1 Å². The maximum Gasteiger partial charge on any atom is 0.239 e. The number of aromatic nitrogens is 1. The van der Waals surface area contributed by atoms with Crippen LogP contribution in [0.3, 0.4) is 0 Å². The quantitative estimate of drug-likeness (QED) is 0.535. The fraction of sp³-hybridized carbons (Fsp3) is 0.227. The summed E-state index contributed by atoms with van der Waals surface area (Å²) in [5.41, 5.74) is 2.67. The molecule has 1 unspecified atom stereocenters. The minimum Gasteiger partial charge on any atom is -0.508 e. The van der Waals surface area contributed by atoms with Gasteiger partial charge in [-0.2, -0.15) is 0 Å². The third-order valence-electron chi connectivity index (χ3n) is 4.75. The molecular weight excluding hydrogens is 402 g/mol. The van der Waals surface area contributed by atoms with E-state index in [0.717, 1.165) is 28.3 Å². The summed E-state index contributed by atoms with van der Waals surface area (Å²) in [7, 11) is 0. The Morgan fingerprint density at radius 1 is 1.20 bits per heavy atom. The number of nitrogens with one attached hydrogen (secondary N) is 2. The second-order valence-corrected chi connectivity index (χ2v) is 8.15. The van der Waals surface area contributed by atoms with E-state index in [9.17, 15) is 9.90 Å². The van der Waals surface area contributed by atoms with Crippen LogP contribution in [0.1, 0.15) is 17.0 Å². The molecule has 1 fully saturated rings. The standard InChI is InChI=1S/C22H21N3O4S/c1-13-18(24-21(29-13)15-4-6-16(26)7-5-15)10-11-28-17-8-2-14(3-9-17)12-19-20(27)25-22(23)30-19/h2-9,19,26H,10-12H2,1H3,(H2,23,25,27). The first kappa shape index (κ1) is 20.0. The van der Waals surface area contributed by atoms with Crippen LogP contribution in [0, 0.1) is 12.3 Å². The van der Waals surface area contributed by atoms with Gasteiger partial charge in [0.05, 0.1) is 17.6 Å². The summed E-state index contributed by atoms with van der Waals surface area (Å²) in [6.07, 6.45) is 1.19. The van der Waals surface area contributed by atoms with Crippen molar-refractivity contribution in [3.05, 3.63) is 65.5 Å². The van der Waals surface area contributed by atoms with Crippen molar-refractivity contribution < 1.29 is 19.1 Å². The molecule has 0 bridgehead atoms. The number of amides is 1. The predicted molar refractivity (Wildman–Crippen MR) is 115 cm³/mol. The Morgan fingerprint density at radius 2 is 1.93 bits per heavy atom. The van der Waals surface area contributed by atoms with Crippen molar-refractivity contribution in [2.24, 2.45) is 0 Å². The van der Waals surface area contributed by atoms with E-state index in [1.807, 2.05) is 31.2 Å². The number of phenols is 1. The Morgan fingerprint density at radius 3 is 2.60 bits per heavy atom. The van der Waals surface area contributed by atoms with Gasteiger partial charge in [0, 0.05) is 12.0 Å². The number of aromatic hydroxyl groups is 1. The van der Waals surface area contributed by atoms with Crippen molar-refractivity contribution in [2.75, 3.05) is 6.61 Å². The molecule has 1 saturated heterocycles. The molecule has 2 aromatic carbocycles. The number of thioether (sulfide) groups is 1. The second-order valence-electron chi connectivity index (χ2n) is 6.94. The average Bonchev–Trinajstić information content (AvgIpc) is 3.25. The first-order valence-corrected chi connectivity index (χ1v) is 10.4. The van der Waals surface area contributed by atoms with Crippen LogP contribution in [0.15, 0.2) is 52.9 Å². The zero-order valence-corrected chi connectivity index (χ0v) is 17.2. The SMILES string of the molecule is Cc1oc(-c2ccc(O)cc2)nc1CCOc1ccc(CC2SC(=N)NC2=O)cc1. The first-order chi connectivity index (χ1) is 14.5. The normalized spacial score (nSPS) is 16.0. The van der Waals surface area contributed by atoms with Gasteiger partial charge in [0.15, 0.2) is 5.17 Å². The number of rotatable bonds is 7. The van der Waals surface area contributed by atoms with E-state index in [2.05, 4.69) is 10.3 Å². The number of hydrogen-bond donors (Lipinski definition) is 3. The lowest BCUT2D eigenvalue weighted by Gasteiger charge is -2.08. The molecule has 1 amide bonds. The molecule has 30 heavy (non-hydrogen) atoms. The number of benzene rings is 2. The van der Waals surface area contributed by atoms with Crippen LogP contribution in [-0.4, -0.2) is 33.0 Å². The molecule has 1 aromatic heterocycles. The molecule has 0 aliphatic carbocycles. The molecule has 1 aliphatic rings. The molecule has 2 heterocycles. The fourth-order valence-corrected chi connectivity index (χ4v) is 4.03. The van der Waals surface area contributed by atoms with E-state index < -0.39 is 0 Å². The van der Waals surface area contributed by atoms with Crippen molar-refractivity contribution in [1.29, 1.82) is 5.41 Å². The first-order valence-electron chi connectivity index (χ1n) is 9.51. The number of ether oxygens (including phenoxy) is 1. The lowest BCUT2D eigenvalue weighted by Crippen LogP contribution is -2.25. The Balaban J connectivity index is 1.31. The minimum atomic E-state index is -0.248. The van der Waals surface area contributed by atoms with E-state index in [1.54, 1.807) is 24.3 Å². The molecular formula is C22H21N3O4S. The molecule has 1 aliphatic heterocycles. The van der Waals surface area contributed by atoms with Crippen molar-refractivity contribution in [1.82, 2.24) is 10.3 Å². The average molecular weight is 423 g/mol. The van der Waals surface area contributed by atoms with Gasteiger partial charge in [-0.1, -0.05) is 23.9 Å². The molecule has 1 atom stereocenters. The summed E-state index contributed by atoms with van der Waals surface area (Å²) in [5.74, 6) is 2.10. The fourth-order valence-electron chi connectivity index (χ4n) is 3.14. The van der Waals surface area contributed by atoms with Crippen LogP contribution >= 0.6 is 11.8 Å². The number of oxazole rings is 1. The van der Waals surface area contributed by atoms with Crippen molar-refractivity contribution in [3.8, 4) is 23.0 Å². The maximum absolute atomic E-state index is 11.7. The Kier molecular flexibility index (Phi) is 5.76. The smallest absolute Gasteiger partial charge is 0.239 e. The lowest BCUT2D eigenvalue weighted by molar-refractivity contribution is -0.118. The monoisotopic (exact) mass is 423 g/mol. The summed E-state index contributed by atoms with van der Waals surface area (Å²) < 4.78 is 11.6. The number of aryl methyl sites for hydroxylation is 1. The number of carbonyl (C=O) groups is 1. The van der Waals surface area contributed by atoms with Crippen LogP contribution in [0.4, 0.5) is 0 Å². The molecule has 0 spiro atoms. The number of nitrogens with zero attached hydrogens (tertiary/aromatic N) is 1. The lowest BCUT2D eigenvalue weighted by atomic mass is 10.1. The van der Waals surface area contributed by atoms with E-state index in [0.29, 0.717) is 25.3 Å². The molecule has 3 N–H and O–H groups in total.